The molecule has 0 fully saturated rings. The van der Waals surface area contributed by atoms with Crippen molar-refractivity contribution < 1.29 is 0 Å². The van der Waals surface area contributed by atoms with Crippen molar-refractivity contribution in [2.75, 3.05) is 18.8 Å². The first-order chi connectivity index (χ1) is 12.0. The van der Waals surface area contributed by atoms with E-state index in [4.69, 9.17) is 4.98 Å². The molecule has 5 rings (SSSR count). The van der Waals surface area contributed by atoms with Gasteiger partial charge in [-0.1, -0.05) is 30.3 Å². The molecule has 1 aliphatic heterocycles. The number of hydrogen-bond donors (Lipinski definition) is 1. The predicted octanol–water partition coefficient (Wildman–Crippen LogP) is 5.83. The van der Waals surface area contributed by atoms with Crippen LogP contribution in [0.2, 0.25) is 0 Å². The lowest BCUT2D eigenvalue weighted by Crippen LogP contribution is -2.40. The normalized spacial score (nSPS) is 21.3. The summed E-state index contributed by atoms with van der Waals surface area (Å²) >= 11 is 0. The van der Waals surface area contributed by atoms with Crippen molar-refractivity contribution in [2.24, 2.45) is 0 Å². The Balaban J connectivity index is 2.28. The SMILES string of the molecule is Cc1nc2c3ccccc3c3c(C)ccc4c3n2c1C(C)(C)[SH]4(C)(C)C. The highest BCUT2D eigenvalue weighted by Crippen LogP contribution is 2.81. The summed E-state index contributed by atoms with van der Waals surface area (Å²) in [5.74, 6) is 0. The maximum atomic E-state index is 5.10. The van der Waals surface area contributed by atoms with Gasteiger partial charge in [-0.2, -0.15) is 0 Å². The standard InChI is InChI=1S/C23H28N2S/c1-14-12-13-18-20-19(14)16-10-8-9-11-17(16)22-24-15(2)21(25(20)22)23(3,4)26(18,5,6)7/h8-13,26H,1-7H3. The van der Waals surface area contributed by atoms with E-state index in [1.165, 1.54) is 38.6 Å². The van der Waals surface area contributed by atoms with E-state index in [9.17, 15) is 0 Å². The van der Waals surface area contributed by atoms with Gasteiger partial charge in [-0.05, 0) is 63.5 Å². The van der Waals surface area contributed by atoms with Gasteiger partial charge in [-0.25, -0.2) is 4.98 Å². The van der Waals surface area contributed by atoms with Crippen LogP contribution in [-0.4, -0.2) is 28.2 Å². The van der Waals surface area contributed by atoms with Crippen molar-refractivity contribution in [2.45, 2.75) is 37.3 Å². The molecule has 0 bridgehead atoms. The first-order valence-electron chi connectivity index (χ1n) is 9.39. The van der Waals surface area contributed by atoms with Gasteiger partial charge < -0.3 is 0 Å². The largest absolute Gasteiger partial charge is 0.294 e. The number of aromatic nitrogens is 2. The van der Waals surface area contributed by atoms with Crippen LogP contribution in [0.1, 0.15) is 30.8 Å². The molecule has 2 aromatic carbocycles. The second-order valence-electron chi connectivity index (χ2n) is 9.73. The van der Waals surface area contributed by atoms with Crippen LogP contribution in [-0.2, 0) is 4.75 Å². The highest BCUT2D eigenvalue weighted by atomic mass is 32.3. The average Bonchev–Trinajstić information content (AvgIpc) is 2.91. The molecule has 0 atom stereocenters. The molecular weight excluding hydrogens is 336 g/mol. The lowest BCUT2D eigenvalue weighted by atomic mass is 10.0. The van der Waals surface area contributed by atoms with Crippen LogP contribution in [0.3, 0.4) is 0 Å². The predicted molar refractivity (Wildman–Crippen MR) is 118 cm³/mol. The number of thiol groups is 1. The highest BCUT2D eigenvalue weighted by molar-refractivity contribution is 8.48. The van der Waals surface area contributed by atoms with E-state index in [-0.39, 0.29) is 4.75 Å². The Morgan fingerprint density at radius 3 is 2.27 bits per heavy atom. The summed E-state index contributed by atoms with van der Waals surface area (Å²) in [7, 11) is -2.21. The maximum absolute atomic E-state index is 5.10. The van der Waals surface area contributed by atoms with E-state index in [1.807, 2.05) is 0 Å². The number of nitrogens with zero attached hydrogens (tertiary/aromatic N) is 2. The smallest absolute Gasteiger partial charge is 0.145 e. The summed E-state index contributed by atoms with van der Waals surface area (Å²) in [5.41, 5.74) is 6.46. The summed E-state index contributed by atoms with van der Waals surface area (Å²) in [6.07, 6.45) is 7.60. The maximum Gasteiger partial charge on any atom is 0.145 e. The number of aryl methyl sites for hydroxylation is 2. The van der Waals surface area contributed by atoms with Crippen LogP contribution in [0.25, 0.3) is 27.3 Å². The Hall–Kier alpha value is -2.00. The first kappa shape index (κ1) is 16.2. The zero-order valence-electron chi connectivity index (χ0n) is 16.8. The monoisotopic (exact) mass is 364 g/mol. The van der Waals surface area contributed by atoms with Crippen molar-refractivity contribution in [1.82, 2.24) is 9.38 Å². The van der Waals surface area contributed by atoms with Gasteiger partial charge in [0.15, 0.2) is 0 Å². The van der Waals surface area contributed by atoms with Crippen LogP contribution >= 0.6 is 9.16 Å². The summed E-state index contributed by atoms with van der Waals surface area (Å²) in [5, 5.41) is 3.99. The minimum absolute atomic E-state index is 0.0761. The molecule has 0 saturated heterocycles. The average molecular weight is 365 g/mol. The number of benzene rings is 2. The number of pyridine rings is 1. The van der Waals surface area contributed by atoms with E-state index < -0.39 is 9.16 Å². The van der Waals surface area contributed by atoms with Crippen LogP contribution in [0.4, 0.5) is 0 Å². The van der Waals surface area contributed by atoms with E-state index in [0.29, 0.717) is 0 Å². The molecule has 3 heteroatoms. The molecule has 0 unspecified atom stereocenters. The van der Waals surface area contributed by atoms with Gasteiger partial charge in [-0.3, -0.25) is 13.6 Å². The lowest BCUT2D eigenvalue weighted by Gasteiger charge is -2.65. The highest BCUT2D eigenvalue weighted by Gasteiger charge is 2.51. The summed E-state index contributed by atoms with van der Waals surface area (Å²) in [6, 6.07) is 13.5. The van der Waals surface area contributed by atoms with Crippen molar-refractivity contribution in [3.05, 3.63) is 53.3 Å². The van der Waals surface area contributed by atoms with E-state index in [2.05, 4.69) is 87.3 Å². The van der Waals surface area contributed by atoms with Crippen molar-refractivity contribution in [3.63, 3.8) is 0 Å². The number of hydrogen-bond acceptors (Lipinski definition) is 1. The van der Waals surface area contributed by atoms with Crippen LogP contribution < -0.4 is 0 Å². The molecule has 0 amide bonds. The van der Waals surface area contributed by atoms with Gasteiger partial charge in [0.2, 0.25) is 0 Å². The van der Waals surface area contributed by atoms with Gasteiger partial charge in [0, 0.05) is 20.4 Å². The zero-order valence-corrected chi connectivity index (χ0v) is 17.7. The van der Waals surface area contributed by atoms with E-state index >= 15 is 0 Å². The molecule has 0 aliphatic carbocycles. The quantitative estimate of drug-likeness (QED) is 0.307. The van der Waals surface area contributed by atoms with Crippen LogP contribution in [0, 0.1) is 13.8 Å². The molecule has 2 aromatic heterocycles. The Kier molecular flexibility index (Phi) is 2.67. The van der Waals surface area contributed by atoms with Crippen LogP contribution in [0.5, 0.6) is 0 Å². The van der Waals surface area contributed by atoms with E-state index in [0.717, 1.165) is 5.65 Å². The summed E-state index contributed by atoms with van der Waals surface area (Å²) in [4.78, 5) is 6.65. The van der Waals surface area contributed by atoms with Gasteiger partial charge in [0.1, 0.15) is 5.65 Å². The molecule has 1 aliphatic rings. The molecule has 2 nitrogen and oxygen atoms in total. The third kappa shape index (κ3) is 1.52. The van der Waals surface area contributed by atoms with Gasteiger partial charge in [0.25, 0.3) is 0 Å². The Morgan fingerprint density at radius 2 is 1.58 bits per heavy atom. The minimum atomic E-state index is -2.21. The number of rotatable bonds is 0. The third-order valence-electron chi connectivity index (χ3n) is 7.46. The molecule has 0 saturated carbocycles. The van der Waals surface area contributed by atoms with Crippen molar-refractivity contribution >= 4 is 36.5 Å². The van der Waals surface area contributed by atoms with Crippen molar-refractivity contribution in [3.8, 4) is 0 Å². The molecule has 0 spiro atoms. The molecule has 26 heavy (non-hydrogen) atoms. The topological polar surface area (TPSA) is 17.3 Å². The zero-order chi connectivity index (χ0) is 18.7. The third-order valence-corrected chi connectivity index (χ3v) is 13.6. The van der Waals surface area contributed by atoms with Crippen LogP contribution in [0.15, 0.2) is 41.3 Å². The second kappa shape index (κ2) is 4.28. The first-order valence-corrected chi connectivity index (χ1v) is 13.0. The molecule has 0 N–H and O–H groups in total. The fourth-order valence-corrected chi connectivity index (χ4v) is 8.25. The molecule has 0 radical (unpaired) electrons. The second-order valence-corrected chi connectivity index (χ2v) is 16.9. The number of fused-ring (bicyclic) bond motifs is 3. The van der Waals surface area contributed by atoms with Gasteiger partial charge in [0.05, 0.1) is 16.9 Å². The van der Waals surface area contributed by atoms with Crippen molar-refractivity contribution in [1.29, 1.82) is 0 Å². The van der Waals surface area contributed by atoms with Gasteiger partial charge >= 0.3 is 0 Å². The van der Waals surface area contributed by atoms with E-state index in [1.54, 1.807) is 4.90 Å². The Morgan fingerprint density at radius 1 is 0.923 bits per heavy atom. The van der Waals surface area contributed by atoms with Gasteiger partial charge in [-0.15, -0.1) is 0 Å². The Labute approximate surface area is 155 Å². The fourth-order valence-electron chi connectivity index (χ4n) is 5.09. The Bertz CT molecular complexity index is 1270. The molecular formula is C23H28N2S. The summed E-state index contributed by atoms with van der Waals surface area (Å²) in [6.45, 7) is 9.31. The molecule has 136 valence electrons. The summed E-state index contributed by atoms with van der Waals surface area (Å²) < 4.78 is 2.57. The molecule has 3 heterocycles. The fraction of sp³-hybridized carbons (Fsp3) is 0.348. The molecule has 4 aromatic rings. The number of imidazole rings is 1. The minimum Gasteiger partial charge on any atom is -0.294 e. The lowest BCUT2D eigenvalue weighted by molar-refractivity contribution is 0.701.